The van der Waals surface area contributed by atoms with Crippen LogP contribution < -0.4 is 5.32 Å². The third-order valence-electron chi connectivity index (χ3n) is 3.04. The molecular weight excluding hydrogens is 314 g/mol. The first-order valence-electron chi connectivity index (χ1n) is 7.00. The Balaban J connectivity index is 1.62. The Labute approximate surface area is 136 Å². The molecule has 0 unspecified atom stereocenters. The van der Waals surface area contributed by atoms with Crippen LogP contribution in [-0.4, -0.2) is 31.5 Å². The minimum Gasteiger partial charge on any atom is -0.360 e. The molecule has 118 valence electrons. The fourth-order valence-electron chi connectivity index (χ4n) is 1.89. The first-order chi connectivity index (χ1) is 11.1. The van der Waals surface area contributed by atoms with Crippen LogP contribution in [0.1, 0.15) is 12.7 Å². The SMILES string of the molecule is Cc1cc(NC(=O)[C@H](C)Sc2n[nH]c(-c3ccccc3)n2)no1. The van der Waals surface area contributed by atoms with Crippen LogP contribution in [-0.2, 0) is 4.79 Å². The quantitative estimate of drug-likeness (QED) is 0.699. The van der Waals surface area contributed by atoms with E-state index in [1.807, 2.05) is 30.3 Å². The van der Waals surface area contributed by atoms with Crippen molar-refractivity contribution in [2.24, 2.45) is 0 Å². The van der Waals surface area contributed by atoms with E-state index in [4.69, 9.17) is 4.52 Å². The van der Waals surface area contributed by atoms with Crippen LogP contribution in [0.5, 0.6) is 0 Å². The summed E-state index contributed by atoms with van der Waals surface area (Å²) in [5.74, 6) is 1.53. The van der Waals surface area contributed by atoms with Gasteiger partial charge >= 0.3 is 0 Å². The second-order valence-corrected chi connectivity index (χ2v) is 6.21. The maximum absolute atomic E-state index is 12.1. The van der Waals surface area contributed by atoms with Crippen molar-refractivity contribution in [1.82, 2.24) is 20.3 Å². The van der Waals surface area contributed by atoms with Crippen LogP contribution in [0.2, 0.25) is 0 Å². The number of carbonyl (C=O) groups is 1. The Morgan fingerprint density at radius 2 is 2.13 bits per heavy atom. The molecule has 0 radical (unpaired) electrons. The van der Waals surface area contributed by atoms with Crippen molar-refractivity contribution in [2.75, 3.05) is 5.32 Å². The number of aryl methyl sites for hydroxylation is 1. The molecule has 8 heteroatoms. The largest absolute Gasteiger partial charge is 0.360 e. The molecule has 1 atom stereocenters. The van der Waals surface area contributed by atoms with Crippen molar-refractivity contribution in [3.05, 3.63) is 42.2 Å². The highest BCUT2D eigenvalue weighted by molar-refractivity contribution is 8.00. The highest BCUT2D eigenvalue weighted by Gasteiger charge is 2.18. The van der Waals surface area contributed by atoms with Gasteiger partial charge in [0.25, 0.3) is 0 Å². The monoisotopic (exact) mass is 329 g/mol. The molecule has 0 spiro atoms. The summed E-state index contributed by atoms with van der Waals surface area (Å²) >= 11 is 1.27. The molecule has 0 bridgehead atoms. The number of hydrogen-bond acceptors (Lipinski definition) is 6. The lowest BCUT2D eigenvalue weighted by Crippen LogP contribution is -2.22. The zero-order chi connectivity index (χ0) is 16.2. The Kier molecular flexibility index (Phi) is 4.42. The lowest BCUT2D eigenvalue weighted by atomic mass is 10.2. The van der Waals surface area contributed by atoms with Gasteiger partial charge in [0.05, 0.1) is 5.25 Å². The Morgan fingerprint density at radius 1 is 1.35 bits per heavy atom. The predicted octanol–water partition coefficient (Wildman–Crippen LogP) is 2.89. The number of thioether (sulfide) groups is 1. The average Bonchev–Trinajstić information content (AvgIpc) is 3.17. The second-order valence-electron chi connectivity index (χ2n) is 4.90. The van der Waals surface area contributed by atoms with Gasteiger partial charge in [-0.3, -0.25) is 9.89 Å². The molecule has 7 nitrogen and oxygen atoms in total. The number of anilines is 1. The zero-order valence-electron chi connectivity index (χ0n) is 12.6. The van der Waals surface area contributed by atoms with Crippen molar-refractivity contribution >= 4 is 23.5 Å². The molecule has 1 aromatic carbocycles. The fourth-order valence-corrected chi connectivity index (χ4v) is 2.61. The maximum Gasteiger partial charge on any atom is 0.238 e. The smallest absolute Gasteiger partial charge is 0.238 e. The third-order valence-corrected chi connectivity index (χ3v) is 4.00. The predicted molar refractivity (Wildman–Crippen MR) is 87.0 cm³/mol. The highest BCUT2D eigenvalue weighted by Crippen LogP contribution is 2.23. The molecule has 1 amide bonds. The summed E-state index contributed by atoms with van der Waals surface area (Å²) in [6.07, 6.45) is 0. The average molecular weight is 329 g/mol. The Bertz CT molecular complexity index is 799. The minimum absolute atomic E-state index is 0.186. The third kappa shape index (κ3) is 3.78. The lowest BCUT2D eigenvalue weighted by Gasteiger charge is -2.07. The first-order valence-corrected chi connectivity index (χ1v) is 7.88. The van der Waals surface area contributed by atoms with Crippen LogP contribution >= 0.6 is 11.8 Å². The van der Waals surface area contributed by atoms with Gasteiger partial charge in [0.2, 0.25) is 11.1 Å². The second kappa shape index (κ2) is 6.66. The van der Waals surface area contributed by atoms with Gasteiger partial charge in [-0.2, -0.15) is 0 Å². The maximum atomic E-state index is 12.1. The van der Waals surface area contributed by atoms with Crippen LogP contribution in [0.15, 0.2) is 46.1 Å². The number of aromatic nitrogens is 4. The van der Waals surface area contributed by atoms with E-state index in [9.17, 15) is 4.79 Å². The van der Waals surface area contributed by atoms with E-state index >= 15 is 0 Å². The molecule has 2 heterocycles. The first kappa shape index (κ1) is 15.3. The van der Waals surface area contributed by atoms with Crippen molar-refractivity contribution < 1.29 is 9.32 Å². The van der Waals surface area contributed by atoms with E-state index in [0.717, 1.165) is 5.56 Å². The molecule has 2 aromatic heterocycles. The summed E-state index contributed by atoms with van der Waals surface area (Å²) in [6.45, 7) is 3.55. The number of nitrogens with one attached hydrogen (secondary N) is 2. The summed E-state index contributed by atoms with van der Waals surface area (Å²) in [6, 6.07) is 11.3. The molecule has 0 saturated carbocycles. The number of amides is 1. The number of carbonyl (C=O) groups excluding carboxylic acids is 1. The fraction of sp³-hybridized carbons (Fsp3) is 0.200. The van der Waals surface area contributed by atoms with Crippen LogP contribution in [0.25, 0.3) is 11.4 Å². The van der Waals surface area contributed by atoms with Gasteiger partial charge in [-0.15, -0.1) is 5.10 Å². The molecule has 0 aliphatic rings. The summed E-state index contributed by atoms with van der Waals surface area (Å²) in [4.78, 5) is 16.5. The normalized spacial score (nSPS) is 12.1. The number of benzene rings is 1. The number of aromatic amines is 1. The van der Waals surface area contributed by atoms with Crippen molar-refractivity contribution in [2.45, 2.75) is 24.3 Å². The van der Waals surface area contributed by atoms with Gasteiger partial charge in [-0.05, 0) is 13.8 Å². The Hall–Kier alpha value is -2.61. The molecule has 0 aliphatic carbocycles. The standard InChI is InChI=1S/C15H15N5O2S/c1-9-8-12(20-22-9)16-14(21)10(2)23-15-17-13(18-19-15)11-6-4-3-5-7-11/h3-8,10H,1-2H3,(H,16,20,21)(H,17,18,19)/t10-/m0/s1. The van der Waals surface area contributed by atoms with E-state index < -0.39 is 0 Å². The zero-order valence-corrected chi connectivity index (χ0v) is 13.4. The number of H-pyrrole nitrogens is 1. The summed E-state index contributed by atoms with van der Waals surface area (Å²) in [7, 11) is 0. The molecular formula is C15H15N5O2S. The summed E-state index contributed by atoms with van der Waals surface area (Å²) < 4.78 is 4.91. The van der Waals surface area contributed by atoms with Gasteiger partial charge in [-0.25, -0.2) is 4.98 Å². The van der Waals surface area contributed by atoms with Crippen LogP contribution in [0.4, 0.5) is 5.82 Å². The lowest BCUT2D eigenvalue weighted by molar-refractivity contribution is -0.115. The van der Waals surface area contributed by atoms with Crippen LogP contribution in [0.3, 0.4) is 0 Å². The van der Waals surface area contributed by atoms with E-state index in [-0.39, 0.29) is 11.2 Å². The van der Waals surface area contributed by atoms with E-state index in [1.165, 1.54) is 11.8 Å². The molecule has 3 aromatic rings. The minimum atomic E-state index is -0.369. The van der Waals surface area contributed by atoms with E-state index in [1.54, 1.807) is 19.9 Å². The van der Waals surface area contributed by atoms with Crippen molar-refractivity contribution in [1.29, 1.82) is 0 Å². The molecule has 0 saturated heterocycles. The van der Waals surface area contributed by atoms with E-state index in [0.29, 0.717) is 22.6 Å². The van der Waals surface area contributed by atoms with Crippen LogP contribution in [0, 0.1) is 6.92 Å². The number of nitrogens with zero attached hydrogens (tertiary/aromatic N) is 3. The number of hydrogen-bond donors (Lipinski definition) is 2. The summed E-state index contributed by atoms with van der Waals surface area (Å²) in [5.41, 5.74) is 0.946. The topological polar surface area (TPSA) is 96.7 Å². The number of rotatable bonds is 5. The molecule has 2 N–H and O–H groups in total. The highest BCUT2D eigenvalue weighted by atomic mass is 32.2. The van der Waals surface area contributed by atoms with Gasteiger partial charge in [0.15, 0.2) is 11.6 Å². The Morgan fingerprint density at radius 3 is 2.83 bits per heavy atom. The van der Waals surface area contributed by atoms with Gasteiger partial charge in [0, 0.05) is 11.6 Å². The molecule has 23 heavy (non-hydrogen) atoms. The van der Waals surface area contributed by atoms with Crippen molar-refractivity contribution in [3.63, 3.8) is 0 Å². The van der Waals surface area contributed by atoms with Gasteiger partial charge < -0.3 is 9.84 Å². The molecule has 3 rings (SSSR count). The summed E-state index contributed by atoms with van der Waals surface area (Å²) in [5, 5.41) is 13.6. The van der Waals surface area contributed by atoms with Gasteiger partial charge in [-0.1, -0.05) is 47.3 Å². The van der Waals surface area contributed by atoms with Gasteiger partial charge in [0.1, 0.15) is 5.76 Å². The van der Waals surface area contributed by atoms with E-state index in [2.05, 4.69) is 25.7 Å². The molecule has 0 fully saturated rings. The van der Waals surface area contributed by atoms with Crippen molar-refractivity contribution in [3.8, 4) is 11.4 Å². The molecule has 0 aliphatic heterocycles.